The number of ketones is 1. The van der Waals surface area contributed by atoms with Crippen molar-refractivity contribution in [3.8, 4) is 0 Å². The molecule has 0 fully saturated rings. The molecule has 1 unspecified atom stereocenters. The van der Waals surface area contributed by atoms with Crippen molar-refractivity contribution in [1.82, 2.24) is 0 Å². The molecule has 0 amide bonds. The Bertz CT molecular complexity index is 503. The second-order valence-electron chi connectivity index (χ2n) is 4.44. The van der Waals surface area contributed by atoms with Gasteiger partial charge in [-0.2, -0.15) is 0 Å². The number of hydrogen-bond acceptors (Lipinski definition) is 3. The molecule has 0 aliphatic carbocycles. The lowest BCUT2D eigenvalue weighted by Gasteiger charge is -2.08. The second-order valence-corrected chi connectivity index (χ2v) is 6.46. The van der Waals surface area contributed by atoms with Crippen molar-refractivity contribution in [3.63, 3.8) is 0 Å². The summed E-state index contributed by atoms with van der Waals surface area (Å²) in [6.07, 6.45) is 2.55. The second kappa shape index (κ2) is 5.45. The molecular formula is C13H18O3S. The fraction of sp³-hybridized carbons (Fsp3) is 0.462. The summed E-state index contributed by atoms with van der Waals surface area (Å²) in [7, 11) is -3.25. The molecule has 0 saturated carbocycles. The Hall–Kier alpha value is -1.16. The van der Waals surface area contributed by atoms with Crippen molar-refractivity contribution in [3.05, 3.63) is 29.8 Å². The smallest absolute Gasteiger partial charge is 0.175 e. The highest BCUT2D eigenvalue weighted by atomic mass is 32.2. The minimum atomic E-state index is -3.25. The Kier molecular flexibility index (Phi) is 4.46. The monoisotopic (exact) mass is 254 g/mol. The quantitative estimate of drug-likeness (QED) is 0.759. The van der Waals surface area contributed by atoms with Gasteiger partial charge in [0.25, 0.3) is 0 Å². The summed E-state index contributed by atoms with van der Waals surface area (Å²) in [6.45, 7) is 4.04. The van der Waals surface area contributed by atoms with Gasteiger partial charge in [-0.25, -0.2) is 8.42 Å². The first-order valence-electron chi connectivity index (χ1n) is 5.68. The maximum atomic E-state index is 11.9. The summed E-state index contributed by atoms with van der Waals surface area (Å²) >= 11 is 0. The Morgan fingerprint density at radius 1 is 1.35 bits per heavy atom. The molecule has 0 bridgehead atoms. The summed E-state index contributed by atoms with van der Waals surface area (Å²) in [4.78, 5) is 12.1. The standard InChI is InChI=1S/C13H18O3S/c1-4-10(2)8-13(14)11-6-5-7-12(9-11)17(3,15)16/h5-7,9-10H,4,8H2,1-3H3. The van der Waals surface area contributed by atoms with Crippen LogP contribution >= 0.6 is 0 Å². The Morgan fingerprint density at radius 2 is 2.00 bits per heavy atom. The molecule has 0 N–H and O–H groups in total. The van der Waals surface area contributed by atoms with Crippen LogP contribution in [0.5, 0.6) is 0 Å². The molecule has 0 radical (unpaired) electrons. The first-order chi connectivity index (χ1) is 7.84. The third kappa shape index (κ3) is 3.97. The summed E-state index contributed by atoms with van der Waals surface area (Å²) < 4.78 is 22.7. The predicted octanol–water partition coefficient (Wildman–Crippen LogP) is 2.71. The van der Waals surface area contributed by atoms with Gasteiger partial charge in [0.15, 0.2) is 15.6 Å². The average molecular weight is 254 g/mol. The van der Waals surface area contributed by atoms with Crippen LogP contribution in [0.25, 0.3) is 0 Å². The fourth-order valence-corrected chi connectivity index (χ4v) is 2.15. The van der Waals surface area contributed by atoms with Gasteiger partial charge in [-0.05, 0) is 18.1 Å². The number of benzene rings is 1. The Balaban J connectivity index is 2.97. The predicted molar refractivity (Wildman–Crippen MR) is 68.0 cm³/mol. The summed E-state index contributed by atoms with van der Waals surface area (Å²) in [5, 5.41) is 0. The van der Waals surface area contributed by atoms with Crippen LogP contribution in [0.3, 0.4) is 0 Å². The maximum absolute atomic E-state index is 11.9. The third-order valence-corrected chi connectivity index (χ3v) is 3.93. The van der Waals surface area contributed by atoms with Crippen molar-refractivity contribution >= 4 is 15.6 Å². The minimum absolute atomic E-state index is 0.00449. The molecule has 0 aliphatic rings. The van der Waals surface area contributed by atoms with E-state index >= 15 is 0 Å². The fourth-order valence-electron chi connectivity index (χ4n) is 1.48. The minimum Gasteiger partial charge on any atom is -0.294 e. The Morgan fingerprint density at radius 3 is 2.53 bits per heavy atom. The van der Waals surface area contributed by atoms with Crippen molar-refractivity contribution in [2.75, 3.05) is 6.26 Å². The SMILES string of the molecule is CCC(C)CC(=O)c1cccc(S(C)(=O)=O)c1. The van der Waals surface area contributed by atoms with Gasteiger partial charge in [-0.15, -0.1) is 0 Å². The highest BCUT2D eigenvalue weighted by molar-refractivity contribution is 7.90. The number of carbonyl (C=O) groups is 1. The van der Waals surface area contributed by atoms with Crippen LogP contribution in [-0.2, 0) is 9.84 Å². The molecule has 1 aromatic rings. The highest BCUT2D eigenvalue weighted by Crippen LogP contribution is 2.16. The lowest BCUT2D eigenvalue weighted by molar-refractivity contribution is 0.0963. The highest BCUT2D eigenvalue weighted by Gasteiger charge is 2.13. The molecule has 1 aromatic carbocycles. The molecular weight excluding hydrogens is 236 g/mol. The van der Waals surface area contributed by atoms with E-state index in [1.165, 1.54) is 12.1 Å². The van der Waals surface area contributed by atoms with Gasteiger partial charge in [0.1, 0.15) is 0 Å². The lowest BCUT2D eigenvalue weighted by Crippen LogP contribution is -2.06. The average Bonchev–Trinajstić information content (AvgIpc) is 2.28. The van der Waals surface area contributed by atoms with Crippen LogP contribution in [0.4, 0.5) is 0 Å². The molecule has 17 heavy (non-hydrogen) atoms. The normalized spacial score (nSPS) is 13.4. The zero-order chi connectivity index (χ0) is 13.1. The molecule has 3 nitrogen and oxygen atoms in total. The van der Waals surface area contributed by atoms with Gasteiger partial charge in [0, 0.05) is 18.2 Å². The van der Waals surface area contributed by atoms with Crippen molar-refractivity contribution in [2.24, 2.45) is 5.92 Å². The van der Waals surface area contributed by atoms with Gasteiger partial charge in [0.05, 0.1) is 4.90 Å². The molecule has 1 rings (SSSR count). The van der Waals surface area contributed by atoms with E-state index in [1.807, 2.05) is 13.8 Å². The molecule has 0 aromatic heterocycles. The third-order valence-electron chi connectivity index (χ3n) is 2.81. The van der Waals surface area contributed by atoms with Crippen LogP contribution in [0.15, 0.2) is 29.2 Å². The number of carbonyl (C=O) groups excluding carboxylic acids is 1. The van der Waals surface area contributed by atoms with Crippen molar-refractivity contribution in [2.45, 2.75) is 31.6 Å². The van der Waals surface area contributed by atoms with Crippen LogP contribution < -0.4 is 0 Å². The summed E-state index contributed by atoms with van der Waals surface area (Å²) in [6, 6.07) is 6.25. The number of Topliss-reactive ketones (excluding diaryl/α,β-unsaturated/α-hetero) is 1. The van der Waals surface area contributed by atoms with Crippen LogP contribution in [0, 0.1) is 5.92 Å². The molecule has 4 heteroatoms. The van der Waals surface area contributed by atoms with E-state index in [2.05, 4.69) is 0 Å². The zero-order valence-electron chi connectivity index (χ0n) is 10.4. The summed E-state index contributed by atoms with van der Waals surface area (Å²) in [5.74, 6) is 0.328. The van der Waals surface area contributed by atoms with Gasteiger partial charge in [-0.1, -0.05) is 32.4 Å². The maximum Gasteiger partial charge on any atom is 0.175 e. The van der Waals surface area contributed by atoms with E-state index in [0.717, 1.165) is 12.7 Å². The first-order valence-corrected chi connectivity index (χ1v) is 7.57. The largest absolute Gasteiger partial charge is 0.294 e. The molecule has 0 heterocycles. The van der Waals surface area contributed by atoms with Gasteiger partial charge in [0.2, 0.25) is 0 Å². The molecule has 0 aliphatic heterocycles. The van der Waals surface area contributed by atoms with Gasteiger partial charge in [-0.3, -0.25) is 4.79 Å². The first kappa shape index (κ1) is 13.9. The molecule has 0 spiro atoms. The number of rotatable bonds is 5. The van der Waals surface area contributed by atoms with Crippen molar-refractivity contribution < 1.29 is 13.2 Å². The van der Waals surface area contributed by atoms with Crippen molar-refractivity contribution in [1.29, 1.82) is 0 Å². The zero-order valence-corrected chi connectivity index (χ0v) is 11.3. The number of sulfone groups is 1. The van der Waals surface area contributed by atoms with E-state index in [-0.39, 0.29) is 10.7 Å². The van der Waals surface area contributed by atoms with Crippen LogP contribution in [0.2, 0.25) is 0 Å². The van der Waals surface area contributed by atoms with Gasteiger partial charge < -0.3 is 0 Å². The van der Waals surface area contributed by atoms with E-state index < -0.39 is 9.84 Å². The molecule has 1 atom stereocenters. The Labute approximate surface area is 103 Å². The topological polar surface area (TPSA) is 51.2 Å². The van der Waals surface area contributed by atoms with E-state index in [0.29, 0.717) is 17.9 Å². The number of hydrogen-bond donors (Lipinski definition) is 0. The van der Waals surface area contributed by atoms with Crippen LogP contribution in [0.1, 0.15) is 37.0 Å². The van der Waals surface area contributed by atoms with E-state index in [1.54, 1.807) is 12.1 Å². The van der Waals surface area contributed by atoms with Gasteiger partial charge >= 0.3 is 0 Å². The molecule has 0 saturated heterocycles. The lowest BCUT2D eigenvalue weighted by atomic mass is 9.98. The van der Waals surface area contributed by atoms with Crippen LogP contribution in [-0.4, -0.2) is 20.5 Å². The van der Waals surface area contributed by atoms with E-state index in [9.17, 15) is 13.2 Å². The summed E-state index contributed by atoms with van der Waals surface area (Å²) in [5.41, 5.74) is 0.480. The van der Waals surface area contributed by atoms with E-state index in [4.69, 9.17) is 0 Å². The molecule has 94 valence electrons.